The van der Waals surface area contributed by atoms with Crippen LogP contribution in [0.25, 0.3) is 0 Å². The Morgan fingerprint density at radius 3 is 2.40 bits per heavy atom. The Labute approximate surface area is 92.0 Å². The van der Waals surface area contributed by atoms with Crippen molar-refractivity contribution in [3.63, 3.8) is 0 Å². The van der Waals surface area contributed by atoms with Crippen molar-refractivity contribution >= 4 is 12.4 Å². The normalized spacial score (nSPS) is 13.4. The van der Waals surface area contributed by atoms with Crippen LogP contribution in [0.4, 0.5) is 13.2 Å². The molecule has 2 N–H and O–H groups in total. The van der Waals surface area contributed by atoms with E-state index in [0.717, 1.165) is 0 Å². The summed E-state index contributed by atoms with van der Waals surface area (Å²) in [5.41, 5.74) is 5.52. The van der Waals surface area contributed by atoms with E-state index in [-0.39, 0.29) is 18.8 Å². The lowest BCUT2D eigenvalue weighted by molar-refractivity contribution is -0.136. The van der Waals surface area contributed by atoms with Gasteiger partial charge in [0, 0.05) is 6.42 Å². The summed E-state index contributed by atoms with van der Waals surface area (Å²) in [6, 6.07) is 2.62. The fraction of sp³-hybridized carbons (Fsp3) is 0.556. The average Bonchev–Trinajstić information content (AvgIpc) is 2.46. The first-order chi connectivity index (χ1) is 6.38. The van der Waals surface area contributed by atoms with Crippen molar-refractivity contribution in [3.8, 4) is 0 Å². The number of nitrogens with two attached hydrogens (primary N) is 1. The molecule has 0 radical (unpaired) electrons. The van der Waals surface area contributed by atoms with Gasteiger partial charge in [0.15, 0.2) is 0 Å². The van der Waals surface area contributed by atoms with Crippen molar-refractivity contribution in [3.05, 3.63) is 23.7 Å². The molecule has 0 unspecified atom stereocenters. The van der Waals surface area contributed by atoms with Crippen molar-refractivity contribution in [1.29, 1.82) is 0 Å². The summed E-state index contributed by atoms with van der Waals surface area (Å²) in [5.74, 6) is 1.06. The van der Waals surface area contributed by atoms with Crippen LogP contribution in [0.1, 0.15) is 30.4 Å². The smallest absolute Gasteiger partial charge is 0.389 e. The molecule has 1 aromatic rings. The fourth-order valence-corrected chi connectivity index (χ4v) is 1.11. The third-order valence-electron chi connectivity index (χ3n) is 1.87. The van der Waals surface area contributed by atoms with Crippen LogP contribution in [-0.4, -0.2) is 6.18 Å². The maximum atomic E-state index is 11.9. The van der Waals surface area contributed by atoms with Crippen LogP contribution in [-0.2, 0) is 0 Å². The van der Waals surface area contributed by atoms with Gasteiger partial charge >= 0.3 is 6.18 Å². The van der Waals surface area contributed by atoms with E-state index in [0.29, 0.717) is 11.5 Å². The van der Waals surface area contributed by atoms with E-state index in [1.54, 1.807) is 19.1 Å². The van der Waals surface area contributed by atoms with Gasteiger partial charge < -0.3 is 10.2 Å². The molecule has 0 bridgehead atoms. The van der Waals surface area contributed by atoms with Gasteiger partial charge in [-0.25, -0.2) is 0 Å². The monoisotopic (exact) mass is 243 g/mol. The SMILES string of the molecule is Cc1ccc([C@@H](N)CCC(F)(F)F)o1.Cl. The lowest BCUT2D eigenvalue weighted by Gasteiger charge is -2.10. The van der Waals surface area contributed by atoms with Crippen LogP contribution >= 0.6 is 12.4 Å². The number of hydrogen-bond acceptors (Lipinski definition) is 2. The molecule has 0 spiro atoms. The van der Waals surface area contributed by atoms with Crippen molar-refractivity contribution in [2.45, 2.75) is 32.0 Å². The molecule has 1 aromatic heterocycles. The van der Waals surface area contributed by atoms with Crippen LogP contribution in [0.2, 0.25) is 0 Å². The van der Waals surface area contributed by atoms with E-state index in [2.05, 4.69) is 0 Å². The molecule has 0 saturated carbocycles. The molecule has 1 atom stereocenters. The third kappa shape index (κ3) is 5.09. The molecule has 0 aliphatic carbocycles. The van der Waals surface area contributed by atoms with Crippen molar-refractivity contribution in [1.82, 2.24) is 0 Å². The number of halogens is 4. The molecule has 15 heavy (non-hydrogen) atoms. The number of furan rings is 1. The molecule has 0 saturated heterocycles. The second-order valence-corrected chi connectivity index (χ2v) is 3.21. The second kappa shape index (κ2) is 5.42. The predicted octanol–water partition coefficient (Wildman–Crippen LogP) is 3.35. The summed E-state index contributed by atoms with van der Waals surface area (Å²) in [4.78, 5) is 0. The first-order valence-corrected chi connectivity index (χ1v) is 4.27. The molecule has 1 heterocycles. The van der Waals surface area contributed by atoms with E-state index >= 15 is 0 Å². The number of hydrogen-bond donors (Lipinski definition) is 1. The lowest BCUT2D eigenvalue weighted by Crippen LogP contribution is -2.15. The van der Waals surface area contributed by atoms with E-state index < -0.39 is 18.6 Å². The van der Waals surface area contributed by atoms with E-state index in [1.807, 2.05) is 0 Å². The molecule has 6 heteroatoms. The van der Waals surface area contributed by atoms with Crippen LogP contribution in [0.5, 0.6) is 0 Å². The van der Waals surface area contributed by atoms with Gasteiger partial charge in [-0.1, -0.05) is 0 Å². The number of alkyl halides is 3. The Morgan fingerprint density at radius 1 is 1.40 bits per heavy atom. The third-order valence-corrected chi connectivity index (χ3v) is 1.87. The Hall–Kier alpha value is -0.680. The van der Waals surface area contributed by atoms with Gasteiger partial charge in [-0.15, -0.1) is 12.4 Å². The second-order valence-electron chi connectivity index (χ2n) is 3.21. The summed E-state index contributed by atoms with van der Waals surface area (Å²) in [6.45, 7) is 1.72. The highest BCUT2D eigenvalue weighted by Gasteiger charge is 2.28. The van der Waals surface area contributed by atoms with Gasteiger partial charge in [-0.05, 0) is 25.5 Å². The number of aryl methyl sites for hydroxylation is 1. The van der Waals surface area contributed by atoms with Gasteiger partial charge in [0.1, 0.15) is 11.5 Å². The Morgan fingerprint density at radius 2 is 2.00 bits per heavy atom. The van der Waals surface area contributed by atoms with Gasteiger partial charge in [0.05, 0.1) is 6.04 Å². The molecule has 0 aliphatic heterocycles. The maximum Gasteiger partial charge on any atom is 0.389 e. The van der Waals surface area contributed by atoms with Crippen LogP contribution < -0.4 is 5.73 Å². The van der Waals surface area contributed by atoms with Crippen LogP contribution in [0.3, 0.4) is 0 Å². The molecule has 0 amide bonds. The lowest BCUT2D eigenvalue weighted by atomic mass is 10.1. The molecule has 88 valence electrons. The van der Waals surface area contributed by atoms with E-state index in [1.165, 1.54) is 0 Å². The zero-order chi connectivity index (χ0) is 10.8. The highest BCUT2D eigenvalue weighted by atomic mass is 35.5. The predicted molar refractivity (Wildman–Crippen MR) is 52.9 cm³/mol. The average molecular weight is 244 g/mol. The van der Waals surface area contributed by atoms with Crippen LogP contribution in [0.15, 0.2) is 16.5 Å². The molecule has 0 aromatic carbocycles. The first kappa shape index (κ1) is 14.3. The molecule has 1 rings (SSSR count). The first-order valence-electron chi connectivity index (χ1n) is 4.27. The van der Waals surface area contributed by atoms with E-state index in [4.69, 9.17) is 10.2 Å². The minimum Gasteiger partial charge on any atom is -0.465 e. The van der Waals surface area contributed by atoms with Crippen LogP contribution in [0, 0.1) is 6.92 Å². The van der Waals surface area contributed by atoms with Gasteiger partial charge in [0.25, 0.3) is 0 Å². The van der Waals surface area contributed by atoms with Crippen molar-refractivity contribution < 1.29 is 17.6 Å². The minimum absolute atomic E-state index is 0. The molecular weight excluding hydrogens is 231 g/mol. The largest absolute Gasteiger partial charge is 0.465 e. The molecular formula is C9H13ClF3NO. The van der Waals surface area contributed by atoms with Crippen molar-refractivity contribution in [2.75, 3.05) is 0 Å². The van der Waals surface area contributed by atoms with Gasteiger partial charge in [-0.2, -0.15) is 13.2 Å². The summed E-state index contributed by atoms with van der Waals surface area (Å²) < 4.78 is 40.7. The summed E-state index contributed by atoms with van der Waals surface area (Å²) >= 11 is 0. The highest BCUT2D eigenvalue weighted by Crippen LogP contribution is 2.26. The quantitative estimate of drug-likeness (QED) is 0.884. The van der Waals surface area contributed by atoms with Gasteiger partial charge in [0.2, 0.25) is 0 Å². The zero-order valence-corrected chi connectivity index (χ0v) is 8.99. The standard InChI is InChI=1S/C9H12F3NO.ClH/c1-6-2-3-8(14-6)7(13)4-5-9(10,11)12;/h2-3,7H,4-5,13H2,1H3;1H/t7-;/m0./s1. The number of rotatable bonds is 3. The maximum absolute atomic E-state index is 11.9. The van der Waals surface area contributed by atoms with Crippen molar-refractivity contribution in [2.24, 2.45) is 5.73 Å². The minimum atomic E-state index is -4.15. The fourth-order valence-electron chi connectivity index (χ4n) is 1.11. The summed E-state index contributed by atoms with van der Waals surface area (Å²) in [7, 11) is 0. The van der Waals surface area contributed by atoms with Gasteiger partial charge in [-0.3, -0.25) is 0 Å². The Balaban J connectivity index is 0.00000196. The molecule has 0 aliphatic rings. The summed E-state index contributed by atoms with van der Waals surface area (Å²) in [5, 5.41) is 0. The Kier molecular flexibility index (Phi) is 5.17. The molecule has 2 nitrogen and oxygen atoms in total. The molecule has 0 fully saturated rings. The Bertz CT molecular complexity index is 298. The topological polar surface area (TPSA) is 39.2 Å². The van der Waals surface area contributed by atoms with E-state index in [9.17, 15) is 13.2 Å². The summed E-state index contributed by atoms with van der Waals surface area (Å²) in [6.07, 6.45) is -5.18. The highest BCUT2D eigenvalue weighted by molar-refractivity contribution is 5.85. The zero-order valence-electron chi connectivity index (χ0n) is 8.17.